The van der Waals surface area contributed by atoms with Gasteiger partial charge in [-0.05, 0) is 24.3 Å². The monoisotopic (exact) mass is 254 g/mol. The number of benzene rings is 1. The molecule has 2 rings (SSSR count). The third-order valence-corrected chi connectivity index (χ3v) is 2.39. The third kappa shape index (κ3) is 2.56. The molecule has 5 heteroatoms. The van der Waals surface area contributed by atoms with Crippen molar-refractivity contribution in [1.82, 2.24) is 4.98 Å². The van der Waals surface area contributed by atoms with E-state index in [-0.39, 0.29) is 0 Å². The zero-order valence-electron chi connectivity index (χ0n) is 8.15. The number of nitrogens with zero attached hydrogens (tertiary/aromatic N) is 1. The Kier molecular flexibility index (Phi) is 3.17. The minimum Gasteiger partial charge on any atom is -0.437 e. The summed E-state index contributed by atoms with van der Waals surface area (Å²) < 4.78 is 5.46. The molecule has 2 aromatic rings. The van der Waals surface area contributed by atoms with Crippen molar-refractivity contribution in [2.75, 3.05) is 5.73 Å². The van der Waals surface area contributed by atoms with Crippen molar-refractivity contribution in [3.05, 3.63) is 46.6 Å². The summed E-state index contributed by atoms with van der Waals surface area (Å²) in [5, 5.41) is 0.993. The van der Waals surface area contributed by atoms with Gasteiger partial charge in [0.2, 0.25) is 5.88 Å². The van der Waals surface area contributed by atoms with Gasteiger partial charge < -0.3 is 10.5 Å². The van der Waals surface area contributed by atoms with E-state index in [1.165, 1.54) is 6.20 Å². The van der Waals surface area contributed by atoms with Gasteiger partial charge in [-0.2, -0.15) is 0 Å². The first kappa shape index (κ1) is 11.0. The van der Waals surface area contributed by atoms with Crippen LogP contribution >= 0.6 is 23.2 Å². The molecule has 0 spiro atoms. The molecule has 16 heavy (non-hydrogen) atoms. The topological polar surface area (TPSA) is 48.1 Å². The summed E-state index contributed by atoms with van der Waals surface area (Å²) in [5.41, 5.74) is 6.15. The Labute approximate surface area is 103 Å². The van der Waals surface area contributed by atoms with Gasteiger partial charge in [-0.1, -0.05) is 23.2 Å². The van der Waals surface area contributed by atoms with Gasteiger partial charge in [-0.15, -0.1) is 0 Å². The summed E-state index contributed by atoms with van der Waals surface area (Å²) in [7, 11) is 0. The summed E-state index contributed by atoms with van der Waals surface area (Å²) in [6, 6.07) is 8.36. The molecule has 2 N–H and O–H groups in total. The molecular weight excluding hydrogens is 247 g/mol. The van der Waals surface area contributed by atoms with Crippen molar-refractivity contribution in [1.29, 1.82) is 0 Å². The Bertz CT molecular complexity index is 500. The van der Waals surface area contributed by atoms with Gasteiger partial charge in [0, 0.05) is 18.0 Å². The van der Waals surface area contributed by atoms with Crippen LogP contribution in [0.4, 0.5) is 5.69 Å². The highest BCUT2D eigenvalue weighted by atomic mass is 35.5. The van der Waals surface area contributed by atoms with Crippen molar-refractivity contribution < 1.29 is 4.74 Å². The van der Waals surface area contributed by atoms with Crippen molar-refractivity contribution in [2.24, 2.45) is 0 Å². The van der Waals surface area contributed by atoms with Crippen LogP contribution in [0.25, 0.3) is 0 Å². The molecule has 0 saturated carbocycles. The summed E-state index contributed by atoms with van der Waals surface area (Å²) in [4.78, 5) is 3.99. The van der Waals surface area contributed by atoms with Gasteiger partial charge in [0.05, 0.1) is 10.0 Å². The molecule has 1 aromatic carbocycles. The van der Waals surface area contributed by atoms with Crippen LogP contribution in [-0.2, 0) is 0 Å². The zero-order valence-corrected chi connectivity index (χ0v) is 9.66. The van der Waals surface area contributed by atoms with Gasteiger partial charge in [-0.25, -0.2) is 4.98 Å². The smallest absolute Gasteiger partial charge is 0.219 e. The predicted molar refractivity (Wildman–Crippen MR) is 65.2 cm³/mol. The lowest BCUT2D eigenvalue weighted by molar-refractivity contribution is 0.463. The molecular formula is C11H8Cl2N2O. The number of pyridine rings is 1. The van der Waals surface area contributed by atoms with Gasteiger partial charge >= 0.3 is 0 Å². The second kappa shape index (κ2) is 4.60. The largest absolute Gasteiger partial charge is 0.437 e. The van der Waals surface area contributed by atoms with E-state index in [0.29, 0.717) is 27.4 Å². The number of rotatable bonds is 2. The Hall–Kier alpha value is -1.45. The Balaban J connectivity index is 2.23. The van der Waals surface area contributed by atoms with Gasteiger partial charge in [0.1, 0.15) is 5.75 Å². The van der Waals surface area contributed by atoms with E-state index in [2.05, 4.69) is 4.98 Å². The van der Waals surface area contributed by atoms with Gasteiger partial charge in [-0.3, -0.25) is 0 Å². The molecule has 82 valence electrons. The molecule has 0 aliphatic heterocycles. The van der Waals surface area contributed by atoms with Crippen LogP contribution < -0.4 is 10.5 Å². The maximum Gasteiger partial charge on any atom is 0.219 e. The second-order valence-corrected chi connectivity index (χ2v) is 3.95. The fraction of sp³-hybridized carbons (Fsp3) is 0. The van der Waals surface area contributed by atoms with E-state index in [9.17, 15) is 0 Å². The molecule has 1 aromatic heterocycles. The lowest BCUT2D eigenvalue weighted by atomic mass is 10.3. The Morgan fingerprint density at radius 1 is 1.12 bits per heavy atom. The lowest BCUT2D eigenvalue weighted by Gasteiger charge is -2.06. The third-order valence-electron chi connectivity index (χ3n) is 1.87. The number of anilines is 1. The van der Waals surface area contributed by atoms with Crippen molar-refractivity contribution in [2.45, 2.75) is 0 Å². The normalized spacial score (nSPS) is 10.1. The average molecular weight is 255 g/mol. The number of aromatic nitrogens is 1. The number of halogens is 2. The van der Waals surface area contributed by atoms with Crippen LogP contribution in [0.3, 0.4) is 0 Å². The van der Waals surface area contributed by atoms with Crippen LogP contribution in [0.15, 0.2) is 36.5 Å². The number of nitrogen functional groups attached to an aromatic ring is 1. The predicted octanol–water partition coefficient (Wildman–Crippen LogP) is 3.76. The SMILES string of the molecule is Nc1ccc(Oc2ccc(Cl)cn2)c(Cl)c1. The molecule has 0 fully saturated rings. The average Bonchev–Trinajstić information content (AvgIpc) is 2.25. The summed E-state index contributed by atoms with van der Waals surface area (Å²) in [6.07, 6.45) is 1.50. The van der Waals surface area contributed by atoms with E-state index >= 15 is 0 Å². The first-order valence-electron chi connectivity index (χ1n) is 4.49. The first-order chi connectivity index (χ1) is 7.65. The summed E-state index contributed by atoms with van der Waals surface area (Å²) in [6.45, 7) is 0. The van der Waals surface area contributed by atoms with Crippen LogP contribution in [0.1, 0.15) is 0 Å². The van der Waals surface area contributed by atoms with E-state index in [1.54, 1.807) is 30.3 Å². The minimum atomic E-state index is 0.427. The highest BCUT2D eigenvalue weighted by Crippen LogP contribution is 2.30. The van der Waals surface area contributed by atoms with E-state index in [0.717, 1.165) is 0 Å². The summed E-state index contributed by atoms with van der Waals surface area (Å²) >= 11 is 11.7. The van der Waals surface area contributed by atoms with Crippen LogP contribution in [0, 0.1) is 0 Å². The highest BCUT2D eigenvalue weighted by molar-refractivity contribution is 6.32. The fourth-order valence-corrected chi connectivity index (χ4v) is 1.47. The van der Waals surface area contributed by atoms with Gasteiger partial charge in [0.25, 0.3) is 0 Å². The van der Waals surface area contributed by atoms with E-state index in [1.807, 2.05) is 0 Å². The first-order valence-corrected chi connectivity index (χ1v) is 5.25. The number of ether oxygens (including phenoxy) is 1. The molecule has 0 atom stereocenters. The molecule has 0 aliphatic carbocycles. The quantitative estimate of drug-likeness (QED) is 0.831. The van der Waals surface area contributed by atoms with Crippen molar-refractivity contribution in [3.63, 3.8) is 0 Å². The molecule has 0 radical (unpaired) electrons. The maximum atomic E-state index is 5.95. The lowest BCUT2D eigenvalue weighted by Crippen LogP contribution is -1.90. The van der Waals surface area contributed by atoms with Crippen LogP contribution in [0.5, 0.6) is 11.6 Å². The molecule has 1 heterocycles. The molecule has 0 aliphatic rings. The highest BCUT2D eigenvalue weighted by Gasteiger charge is 2.04. The van der Waals surface area contributed by atoms with Crippen LogP contribution in [-0.4, -0.2) is 4.98 Å². The molecule has 0 amide bonds. The van der Waals surface area contributed by atoms with Crippen LogP contribution in [0.2, 0.25) is 10.0 Å². The van der Waals surface area contributed by atoms with Crippen molar-refractivity contribution in [3.8, 4) is 11.6 Å². The number of nitrogens with two attached hydrogens (primary N) is 1. The number of hydrogen-bond donors (Lipinski definition) is 1. The molecule has 0 saturated heterocycles. The van der Waals surface area contributed by atoms with E-state index < -0.39 is 0 Å². The zero-order chi connectivity index (χ0) is 11.5. The Morgan fingerprint density at radius 3 is 2.56 bits per heavy atom. The second-order valence-electron chi connectivity index (χ2n) is 3.11. The molecule has 0 unspecified atom stereocenters. The molecule has 3 nitrogen and oxygen atoms in total. The fourth-order valence-electron chi connectivity index (χ4n) is 1.14. The summed E-state index contributed by atoms with van der Waals surface area (Å²) in [5.74, 6) is 0.932. The van der Waals surface area contributed by atoms with E-state index in [4.69, 9.17) is 33.7 Å². The Morgan fingerprint density at radius 2 is 1.94 bits per heavy atom. The molecule has 0 bridgehead atoms. The van der Waals surface area contributed by atoms with Gasteiger partial charge in [0.15, 0.2) is 0 Å². The van der Waals surface area contributed by atoms with Crippen molar-refractivity contribution >= 4 is 28.9 Å². The maximum absolute atomic E-state index is 5.95. The minimum absolute atomic E-state index is 0.427. The number of hydrogen-bond acceptors (Lipinski definition) is 3. The standard InChI is InChI=1S/C11H8Cl2N2O/c12-7-1-4-11(15-6-7)16-10-3-2-8(14)5-9(10)13/h1-6H,14H2.